The van der Waals surface area contributed by atoms with Crippen LogP contribution in [0.4, 0.5) is 0 Å². The normalized spacial score (nSPS) is 13.1. The van der Waals surface area contributed by atoms with Crippen LogP contribution in [-0.2, 0) is 0 Å². The quantitative estimate of drug-likeness (QED) is 0.777. The maximum Gasteiger partial charge on any atom is 0.125 e. The Morgan fingerprint density at radius 3 is 2.40 bits per heavy atom. The first-order valence-electron chi connectivity index (χ1n) is 5.27. The zero-order chi connectivity index (χ0) is 11.3. The molecule has 2 N–H and O–H groups in total. The number of aromatic nitrogens is 2. The summed E-state index contributed by atoms with van der Waals surface area (Å²) in [7, 11) is 4.14. The lowest BCUT2D eigenvalue weighted by molar-refractivity contribution is 0.381. The molecule has 0 spiro atoms. The summed E-state index contributed by atoms with van der Waals surface area (Å²) in [4.78, 5) is 10.6. The zero-order valence-electron chi connectivity index (χ0n) is 9.77. The Hall–Kier alpha value is -1.00. The van der Waals surface area contributed by atoms with E-state index in [4.69, 9.17) is 5.73 Å². The van der Waals surface area contributed by atoms with Crippen molar-refractivity contribution in [3.05, 3.63) is 23.8 Å². The largest absolute Gasteiger partial charge is 0.330 e. The minimum atomic E-state index is 0.369. The Labute approximate surface area is 91.5 Å². The highest BCUT2D eigenvalue weighted by Crippen LogP contribution is 2.16. The lowest BCUT2D eigenvalue weighted by atomic mass is 9.98. The molecule has 0 fully saturated rings. The number of rotatable bonds is 5. The van der Waals surface area contributed by atoms with Crippen molar-refractivity contribution in [1.82, 2.24) is 14.9 Å². The highest BCUT2D eigenvalue weighted by atomic mass is 15.0. The van der Waals surface area contributed by atoms with Gasteiger partial charge in [0.25, 0.3) is 0 Å². The highest BCUT2D eigenvalue weighted by Gasteiger charge is 2.10. The summed E-state index contributed by atoms with van der Waals surface area (Å²) in [5.74, 6) is 1.18. The van der Waals surface area contributed by atoms with Gasteiger partial charge in [0, 0.05) is 18.3 Å². The van der Waals surface area contributed by atoms with E-state index in [-0.39, 0.29) is 0 Å². The molecule has 0 aliphatic rings. The van der Waals surface area contributed by atoms with Gasteiger partial charge in [-0.25, -0.2) is 9.97 Å². The van der Waals surface area contributed by atoms with E-state index in [2.05, 4.69) is 29.0 Å². The molecule has 0 bridgehead atoms. The van der Waals surface area contributed by atoms with Gasteiger partial charge in [-0.15, -0.1) is 0 Å². The second-order valence-corrected chi connectivity index (χ2v) is 4.09. The van der Waals surface area contributed by atoms with Crippen LogP contribution in [0.15, 0.2) is 12.4 Å². The Bertz CT molecular complexity index is 281. The van der Waals surface area contributed by atoms with Crippen molar-refractivity contribution in [3.63, 3.8) is 0 Å². The van der Waals surface area contributed by atoms with E-state index in [1.807, 2.05) is 19.3 Å². The van der Waals surface area contributed by atoms with Crippen LogP contribution in [0, 0.1) is 6.92 Å². The van der Waals surface area contributed by atoms with E-state index in [0.717, 1.165) is 24.4 Å². The Balaban J connectivity index is 2.61. The third kappa shape index (κ3) is 3.93. The molecule has 4 nitrogen and oxygen atoms in total. The minimum absolute atomic E-state index is 0.369. The third-order valence-corrected chi connectivity index (χ3v) is 2.48. The van der Waals surface area contributed by atoms with E-state index in [9.17, 15) is 0 Å². The Morgan fingerprint density at radius 1 is 1.33 bits per heavy atom. The van der Waals surface area contributed by atoms with Gasteiger partial charge in [-0.05, 0) is 46.1 Å². The first-order valence-corrected chi connectivity index (χ1v) is 5.27. The Morgan fingerprint density at radius 2 is 1.93 bits per heavy atom. The molecule has 1 rings (SSSR count). The van der Waals surface area contributed by atoms with Gasteiger partial charge in [-0.1, -0.05) is 0 Å². The van der Waals surface area contributed by atoms with Gasteiger partial charge in [0.2, 0.25) is 0 Å². The number of nitrogens with two attached hydrogens (primary N) is 1. The molecule has 15 heavy (non-hydrogen) atoms. The molecule has 1 unspecified atom stereocenters. The second-order valence-electron chi connectivity index (χ2n) is 4.09. The predicted molar refractivity (Wildman–Crippen MR) is 61.7 cm³/mol. The fourth-order valence-corrected chi connectivity index (χ4v) is 1.45. The van der Waals surface area contributed by atoms with Gasteiger partial charge in [0.1, 0.15) is 5.82 Å². The van der Waals surface area contributed by atoms with Crippen LogP contribution in [-0.4, -0.2) is 42.1 Å². The molecular formula is C11H20N4. The molecule has 0 saturated heterocycles. The fraction of sp³-hybridized carbons (Fsp3) is 0.636. The molecule has 4 heteroatoms. The molecule has 0 aliphatic heterocycles. The molecule has 1 aromatic heterocycles. The summed E-state index contributed by atoms with van der Waals surface area (Å²) in [5, 5.41) is 0. The molecule has 0 amide bonds. The van der Waals surface area contributed by atoms with Gasteiger partial charge in [0.05, 0.1) is 0 Å². The summed E-state index contributed by atoms with van der Waals surface area (Å²) in [6.07, 6.45) is 4.82. The number of aryl methyl sites for hydroxylation is 1. The van der Waals surface area contributed by atoms with Gasteiger partial charge in [-0.2, -0.15) is 0 Å². The van der Waals surface area contributed by atoms with Gasteiger partial charge in [0.15, 0.2) is 0 Å². The zero-order valence-corrected chi connectivity index (χ0v) is 9.77. The molecule has 0 aliphatic carbocycles. The van der Waals surface area contributed by atoms with E-state index in [0.29, 0.717) is 12.5 Å². The number of hydrogen-bond donors (Lipinski definition) is 1. The van der Waals surface area contributed by atoms with Crippen molar-refractivity contribution < 1.29 is 0 Å². The summed E-state index contributed by atoms with van der Waals surface area (Å²) < 4.78 is 0. The summed E-state index contributed by atoms with van der Waals surface area (Å²) in [5.41, 5.74) is 6.90. The molecule has 84 valence electrons. The predicted octanol–water partition coefficient (Wildman–Crippen LogP) is 0.779. The molecule has 0 radical (unpaired) electrons. The number of hydrogen-bond acceptors (Lipinski definition) is 4. The molecule has 0 saturated carbocycles. The SMILES string of the molecule is Cc1ncc(C(CN)CCN(C)C)cn1. The van der Waals surface area contributed by atoms with Gasteiger partial charge >= 0.3 is 0 Å². The summed E-state index contributed by atoms with van der Waals surface area (Å²) in [6.45, 7) is 3.58. The van der Waals surface area contributed by atoms with Crippen molar-refractivity contribution in [2.24, 2.45) is 5.73 Å². The van der Waals surface area contributed by atoms with Crippen molar-refractivity contribution in [2.75, 3.05) is 27.2 Å². The monoisotopic (exact) mass is 208 g/mol. The molecular weight excluding hydrogens is 188 g/mol. The topological polar surface area (TPSA) is 55.0 Å². The minimum Gasteiger partial charge on any atom is -0.330 e. The van der Waals surface area contributed by atoms with Crippen molar-refractivity contribution in [2.45, 2.75) is 19.3 Å². The highest BCUT2D eigenvalue weighted by molar-refractivity contribution is 5.12. The third-order valence-electron chi connectivity index (χ3n) is 2.48. The molecule has 0 aromatic carbocycles. The van der Waals surface area contributed by atoms with Crippen molar-refractivity contribution in [3.8, 4) is 0 Å². The van der Waals surface area contributed by atoms with Crippen LogP contribution in [0.5, 0.6) is 0 Å². The molecule has 1 heterocycles. The first-order chi connectivity index (χ1) is 7.13. The van der Waals surface area contributed by atoms with Crippen molar-refractivity contribution >= 4 is 0 Å². The van der Waals surface area contributed by atoms with Crippen LogP contribution in [0.1, 0.15) is 23.7 Å². The van der Waals surface area contributed by atoms with Gasteiger partial charge < -0.3 is 10.6 Å². The second kappa shape index (κ2) is 5.78. The van der Waals surface area contributed by atoms with E-state index < -0.39 is 0 Å². The van der Waals surface area contributed by atoms with E-state index in [1.54, 1.807) is 0 Å². The van der Waals surface area contributed by atoms with E-state index in [1.165, 1.54) is 0 Å². The van der Waals surface area contributed by atoms with E-state index >= 15 is 0 Å². The maximum atomic E-state index is 5.75. The Kier molecular flexibility index (Phi) is 4.65. The lowest BCUT2D eigenvalue weighted by Crippen LogP contribution is -2.20. The first kappa shape index (κ1) is 12.1. The fourth-order valence-electron chi connectivity index (χ4n) is 1.45. The average Bonchev–Trinajstić information content (AvgIpc) is 2.21. The standard InChI is InChI=1S/C11H20N4/c1-9-13-7-11(8-14-9)10(6-12)4-5-15(2)3/h7-8,10H,4-6,12H2,1-3H3. The van der Waals surface area contributed by atoms with Gasteiger partial charge in [-0.3, -0.25) is 0 Å². The van der Waals surface area contributed by atoms with Crippen LogP contribution < -0.4 is 5.73 Å². The van der Waals surface area contributed by atoms with Crippen molar-refractivity contribution in [1.29, 1.82) is 0 Å². The smallest absolute Gasteiger partial charge is 0.125 e. The summed E-state index contributed by atoms with van der Waals surface area (Å²) in [6, 6.07) is 0. The maximum absolute atomic E-state index is 5.75. The van der Waals surface area contributed by atoms with Crippen LogP contribution in [0.3, 0.4) is 0 Å². The van der Waals surface area contributed by atoms with Crippen LogP contribution in [0.2, 0.25) is 0 Å². The average molecular weight is 208 g/mol. The lowest BCUT2D eigenvalue weighted by Gasteiger charge is -2.17. The van der Waals surface area contributed by atoms with Crippen LogP contribution >= 0.6 is 0 Å². The molecule has 1 aromatic rings. The molecule has 1 atom stereocenters. The van der Waals surface area contributed by atoms with Crippen LogP contribution in [0.25, 0.3) is 0 Å². The summed E-state index contributed by atoms with van der Waals surface area (Å²) >= 11 is 0. The number of nitrogens with zero attached hydrogens (tertiary/aromatic N) is 3.